The minimum absolute atomic E-state index is 0. The van der Waals surface area contributed by atoms with Gasteiger partial charge in [0, 0.05) is 56.0 Å². The van der Waals surface area contributed by atoms with Gasteiger partial charge in [0.1, 0.15) is 17.2 Å². The fourth-order valence-corrected chi connectivity index (χ4v) is 1.94. The van der Waals surface area contributed by atoms with Gasteiger partial charge >= 0.3 is 16.8 Å². The van der Waals surface area contributed by atoms with E-state index in [9.17, 15) is 29.7 Å². The van der Waals surface area contributed by atoms with E-state index in [2.05, 4.69) is 0 Å². The van der Waals surface area contributed by atoms with Crippen LogP contribution in [0.1, 0.15) is 31.1 Å². The molecule has 3 aromatic carbocycles. The van der Waals surface area contributed by atoms with E-state index in [0.717, 1.165) is 0 Å². The van der Waals surface area contributed by atoms with Crippen LogP contribution in [0.4, 0.5) is 0 Å². The summed E-state index contributed by atoms with van der Waals surface area (Å²) in [7, 11) is 0. The second-order valence-corrected chi connectivity index (χ2v) is 7.15. The number of carboxylic acids is 3. The van der Waals surface area contributed by atoms with Crippen LogP contribution < -0.4 is 49.7 Å². The first kappa shape index (κ1) is 45.7. The number of hydrogen-bond acceptors (Lipinski definition) is 15. The number of rotatable bonds is 6. The minimum Gasteiger partial charge on any atom is -0.545 e. The Hall–Kier alpha value is -4.26. The van der Waals surface area contributed by atoms with Gasteiger partial charge in [-0.25, -0.2) is 0 Å². The molecule has 3 aromatic rings. The van der Waals surface area contributed by atoms with Crippen molar-refractivity contribution in [2.75, 3.05) is 39.3 Å². The molecule has 0 amide bonds. The SMILES string of the molecule is NCCN.NCCN.NCCN.O=C([O-])c1ccccc1O.O=C([O-])c1ccccc1O.O=C([O-])c1ccccc1O.[Co+3]. The summed E-state index contributed by atoms with van der Waals surface area (Å²) in [6.07, 6.45) is 0. The molecule has 43 heavy (non-hydrogen) atoms. The third-order valence-electron chi connectivity index (χ3n) is 3.87. The summed E-state index contributed by atoms with van der Waals surface area (Å²) in [6.45, 7) is 3.58. The molecule has 0 spiro atoms. The molecule has 0 radical (unpaired) electrons. The van der Waals surface area contributed by atoms with Crippen molar-refractivity contribution in [1.82, 2.24) is 0 Å². The Balaban J connectivity index is -0.000000222. The van der Waals surface area contributed by atoms with E-state index in [4.69, 9.17) is 49.7 Å². The number of carbonyl (C=O) groups is 3. The van der Waals surface area contributed by atoms with Gasteiger partial charge in [-0.05, 0) is 36.4 Å². The normalized spacial score (nSPS) is 8.51. The van der Waals surface area contributed by atoms with E-state index < -0.39 is 17.9 Å². The maximum Gasteiger partial charge on any atom is 3.00 e. The standard InChI is InChI=1S/3C7H6O3.3C2H8N2.Co/c3*8-6-4-2-1-3-5(6)7(9)10;3*3-1-2-4;/h3*1-4,8H,(H,9,10);3*1-4H2;/q;;;;;;+3/p-3. The topological polar surface area (TPSA) is 337 Å². The van der Waals surface area contributed by atoms with E-state index in [0.29, 0.717) is 39.3 Å². The fourth-order valence-electron chi connectivity index (χ4n) is 1.94. The number of benzene rings is 3. The van der Waals surface area contributed by atoms with Crippen LogP contribution in [0, 0.1) is 0 Å². The second kappa shape index (κ2) is 30.7. The number of carboxylic acid groups (broad SMARTS) is 3. The number of nitrogens with two attached hydrogens (primary N) is 6. The summed E-state index contributed by atoms with van der Waals surface area (Å²) in [4.78, 5) is 30.5. The molecule has 0 saturated heterocycles. The monoisotopic (exact) mass is 650 g/mol. The van der Waals surface area contributed by atoms with E-state index in [-0.39, 0.29) is 50.7 Å². The number of carbonyl (C=O) groups excluding carboxylic acids is 3. The van der Waals surface area contributed by atoms with Gasteiger partial charge < -0.3 is 79.4 Å². The van der Waals surface area contributed by atoms with Gasteiger partial charge in [0.05, 0.1) is 17.9 Å². The van der Waals surface area contributed by atoms with Gasteiger partial charge in [-0.15, -0.1) is 0 Å². The summed E-state index contributed by atoms with van der Waals surface area (Å²) in [5.74, 6) is -4.87. The van der Waals surface area contributed by atoms with Crippen LogP contribution in [0.5, 0.6) is 17.2 Å². The summed E-state index contributed by atoms with van der Waals surface area (Å²) in [5, 5.41) is 57.0. The largest absolute Gasteiger partial charge is 3.00 e. The fraction of sp³-hybridized carbons (Fsp3) is 0.222. The Bertz CT molecular complexity index is 1010. The maximum atomic E-state index is 10.2. The molecule has 15 nitrogen and oxygen atoms in total. The van der Waals surface area contributed by atoms with E-state index in [1.807, 2.05) is 0 Å². The van der Waals surface area contributed by atoms with Crippen molar-refractivity contribution >= 4 is 17.9 Å². The predicted molar refractivity (Wildman–Crippen MR) is 152 cm³/mol. The molecule has 0 saturated carbocycles. The number of phenols is 3. The van der Waals surface area contributed by atoms with Crippen LogP contribution in [0.3, 0.4) is 0 Å². The molecule has 0 aliphatic rings. The molecule has 0 atom stereocenters. The minimum atomic E-state index is -1.36. The Labute approximate surface area is 259 Å². The Morgan fingerprint density at radius 1 is 0.442 bits per heavy atom. The van der Waals surface area contributed by atoms with Gasteiger partial charge in [0.25, 0.3) is 0 Å². The van der Waals surface area contributed by atoms with Crippen molar-refractivity contribution < 1.29 is 61.8 Å². The van der Waals surface area contributed by atoms with Gasteiger partial charge in [0.15, 0.2) is 0 Å². The molecule has 0 aromatic heterocycles. The molecule has 3 rings (SSSR count). The van der Waals surface area contributed by atoms with Crippen molar-refractivity contribution in [3.63, 3.8) is 0 Å². The quantitative estimate of drug-likeness (QED) is 0.123. The summed E-state index contributed by atoms with van der Waals surface area (Å²) >= 11 is 0. The molecular formula is C27H39CoN6O9. The van der Waals surface area contributed by atoms with Crippen LogP contribution in [0.2, 0.25) is 0 Å². The first-order valence-electron chi connectivity index (χ1n) is 12.1. The molecule has 0 aliphatic heterocycles. The molecule has 0 unspecified atom stereocenters. The Morgan fingerprint density at radius 2 is 0.605 bits per heavy atom. The van der Waals surface area contributed by atoms with Crippen molar-refractivity contribution in [3.8, 4) is 17.2 Å². The van der Waals surface area contributed by atoms with Crippen molar-refractivity contribution in [2.45, 2.75) is 0 Å². The van der Waals surface area contributed by atoms with E-state index in [1.165, 1.54) is 54.6 Å². The van der Waals surface area contributed by atoms with Gasteiger partial charge in [-0.3, -0.25) is 0 Å². The zero-order chi connectivity index (χ0) is 32.9. The molecule has 0 bridgehead atoms. The molecular weight excluding hydrogens is 611 g/mol. The Morgan fingerprint density at radius 3 is 0.698 bits per heavy atom. The van der Waals surface area contributed by atoms with Crippen LogP contribution in [-0.2, 0) is 16.8 Å². The molecule has 0 fully saturated rings. The summed E-state index contributed by atoms with van der Waals surface area (Å²) < 4.78 is 0. The molecule has 0 heterocycles. The zero-order valence-corrected chi connectivity index (χ0v) is 24.3. The van der Waals surface area contributed by atoms with Gasteiger partial charge in [0.2, 0.25) is 0 Å². The third kappa shape index (κ3) is 25.2. The van der Waals surface area contributed by atoms with E-state index in [1.54, 1.807) is 18.2 Å². The van der Waals surface area contributed by atoms with Gasteiger partial charge in [-0.2, -0.15) is 0 Å². The first-order chi connectivity index (χ1) is 19.9. The summed E-state index contributed by atoms with van der Waals surface area (Å²) in [5.41, 5.74) is 28.9. The number of para-hydroxylation sites is 3. The molecule has 0 aliphatic carbocycles. The smallest absolute Gasteiger partial charge is 0.545 e. The summed E-state index contributed by atoms with van der Waals surface area (Å²) in [6, 6.07) is 16.9. The molecule has 240 valence electrons. The first-order valence-corrected chi connectivity index (χ1v) is 12.1. The number of aromatic hydroxyl groups is 3. The average Bonchev–Trinajstić information content (AvgIpc) is 2.98. The van der Waals surface area contributed by atoms with Crippen molar-refractivity contribution in [3.05, 3.63) is 89.5 Å². The zero-order valence-electron chi connectivity index (χ0n) is 23.3. The number of aromatic carboxylic acids is 3. The van der Waals surface area contributed by atoms with Crippen molar-refractivity contribution in [1.29, 1.82) is 0 Å². The van der Waals surface area contributed by atoms with Crippen LogP contribution in [0.15, 0.2) is 72.8 Å². The molecule has 15 N–H and O–H groups in total. The van der Waals surface area contributed by atoms with Crippen molar-refractivity contribution in [2.24, 2.45) is 34.4 Å². The average molecular weight is 651 g/mol. The van der Waals surface area contributed by atoms with Crippen LogP contribution in [0.25, 0.3) is 0 Å². The second-order valence-electron chi connectivity index (χ2n) is 7.15. The third-order valence-corrected chi connectivity index (χ3v) is 3.87. The molecule has 16 heteroatoms. The van der Waals surface area contributed by atoms with Gasteiger partial charge in [-0.1, -0.05) is 36.4 Å². The van der Waals surface area contributed by atoms with Crippen LogP contribution >= 0.6 is 0 Å². The predicted octanol–water partition coefficient (Wildman–Crippen LogP) is -4.02. The number of hydrogen-bond donors (Lipinski definition) is 9. The Kier molecular flexibility index (Phi) is 32.6. The maximum absolute atomic E-state index is 10.2. The van der Waals surface area contributed by atoms with Crippen LogP contribution in [-0.4, -0.2) is 72.5 Å². The van der Waals surface area contributed by atoms with E-state index >= 15 is 0 Å².